The molecule has 2 aromatic carbocycles. The summed E-state index contributed by atoms with van der Waals surface area (Å²) in [6, 6.07) is 13.0. The lowest BCUT2D eigenvalue weighted by molar-refractivity contribution is 0.102. The summed E-state index contributed by atoms with van der Waals surface area (Å²) in [5.74, 6) is 0.615. The lowest BCUT2D eigenvalue weighted by Gasteiger charge is -2.07. The number of fused-ring (bicyclic) bond motifs is 1. The third-order valence-electron chi connectivity index (χ3n) is 4.15. The number of benzene rings is 2. The summed E-state index contributed by atoms with van der Waals surface area (Å²) in [6.45, 7) is 3.80. The molecular weight excluding hydrogens is 316 g/mol. The third-order valence-corrected chi connectivity index (χ3v) is 4.15. The van der Waals surface area contributed by atoms with E-state index in [4.69, 9.17) is 4.52 Å². The highest BCUT2D eigenvalue weighted by Gasteiger charge is 2.12. The molecule has 0 aliphatic carbocycles. The zero-order valence-corrected chi connectivity index (χ0v) is 13.8. The van der Waals surface area contributed by atoms with E-state index >= 15 is 0 Å². The van der Waals surface area contributed by atoms with Gasteiger partial charge < -0.3 is 14.8 Å². The minimum atomic E-state index is -0.165. The van der Waals surface area contributed by atoms with E-state index in [9.17, 15) is 4.79 Å². The number of rotatable bonds is 3. The SMILES string of the molecule is Cc1noc(C)c1-c1ccc(NC(=O)c2ccc3nc[nH]c3c2)cc1. The number of aryl methyl sites for hydroxylation is 2. The van der Waals surface area contributed by atoms with Crippen LogP contribution in [0.5, 0.6) is 0 Å². The van der Waals surface area contributed by atoms with Crippen molar-refractivity contribution in [3.8, 4) is 11.1 Å². The van der Waals surface area contributed by atoms with Gasteiger partial charge in [-0.3, -0.25) is 4.79 Å². The van der Waals surface area contributed by atoms with E-state index in [-0.39, 0.29) is 5.91 Å². The molecule has 6 nitrogen and oxygen atoms in total. The fraction of sp³-hybridized carbons (Fsp3) is 0.105. The highest BCUT2D eigenvalue weighted by molar-refractivity contribution is 6.06. The molecule has 2 N–H and O–H groups in total. The van der Waals surface area contributed by atoms with Gasteiger partial charge in [0.25, 0.3) is 5.91 Å². The lowest BCUT2D eigenvalue weighted by atomic mass is 10.0. The van der Waals surface area contributed by atoms with Gasteiger partial charge in [0.05, 0.1) is 23.1 Å². The van der Waals surface area contributed by atoms with Crippen LogP contribution in [0.1, 0.15) is 21.8 Å². The van der Waals surface area contributed by atoms with Gasteiger partial charge in [0.1, 0.15) is 5.76 Å². The zero-order valence-electron chi connectivity index (χ0n) is 13.8. The maximum atomic E-state index is 12.4. The van der Waals surface area contributed by atoms with Crippen LogP contribution >= 0.6 is 0 Å². The van der Waals surface area contributed by atoms with Crippen molar-refractivity contribution >= 4 is 22.6 Å². The first-order valence-electron chi connectivity index (χ1n) is 7.89. The Morgan fingerprint density at radius 3 is 2.64 bits per heavy atom. The van der Waals surface area contributed by atoms with E-state index in [0.717, 1.165) is 39.3 Å². The average Bonchev–Trinajstić information content (AvgIpc) is 3.21. The van der Waals surface area contributed by atoms with Crippen LogP contribution < -0.4 is 5.32 Å². The van der Waals surface area contributed by atoms with Gasteiger partial charge >= 0.3 is 0 Å². The number of aromatic amines is 1. The first-order valence-corrected chi connectivity index (χ1v) is 7.89. The molecule has 25 heavy (non-hydrogen) atoms. The Hall–Kier alpha value is -3.41. The first-order chi connectivity index (χ1) is 12.1. The second-order valence-corrected chi connectivity index (χ2v) is 5.87. The van der Waals surface area contributed by atoms with Gasteiger partial charge in [-0.25, -0.2) is 4.98 Å². The van der Waals surface area contributed by atoms with E-state index in [1.807, 2.05) is 44.2 Å². The number of anilines is 1. The lowest BCUT2D eigenvalue weighted by Crippen LogP contribution is -2.11. The summed E-state index contributed by atoms with van der Waals surface area (Å²) < 4.78 is 5.20. The number of hydrogen-bond acceptors (Lipinski definition) is 4. The second kappa shape index (κ2) is 5.90. The summed E-state index contributed by atoms with van der Waals surface area (Å²) in [6.07, 6.45) is 1.61. The Morgan fingerprint density at radius 1 is 1.12 bits per heavy atom. The molecule has 4 rings (SSSR count). The number of H-pyrrole nitrogens is 1. The molecule has 0 unspecified atom stereocenters. The van der Waals surface area contributed by atoms with Gasteiger partial charge in [0, 0.05) is 16.8 Å². The smallest absolute Gasteiger partial charge is 0.255 e. The molecule has 0 aliphatic heterocycles. The van der Waals surface area contributed by atoms with Gasteiger partial charge in [0.2, 0.25) is 0 Å². The van der Waals surface area contributed by atoms with Crippen molar-refractivity contribution in [3.63, 3.8) is 0 Å². The van der Waals surface area contributed by atoms with Crippen molar-refractivity contribution in [2.45, 2.75) is 13.8 Å². The van der Waals surface area contributed by atoms with Crippen molar-refractivity contribution in [3.05, 3.63) is 65.8 Å². The minimum Gasteiger partial charge on any atom is -0.361 e. The van der Waals surface area contributed by atoms with Crippen LogP contribution in [0, 0.1) is 13.8 Å². The molecule has 0 saturated carbocycles. The van der Waals surface area contributed by atoms with Gasteiger partial charge in [-0.15, -0.1) is 0 Å². The third kappa shape index (κ3) is 2.78. The Morgan fingerprint density at radius 2 is 1.92 bits per heavy atom. The highest BCUT2D eigenvalue weighted by Crippen LogP contribution is 2.27. The fourth-order valence-electron chi connectivity index (χ4n) is 2.90. The highest BCUT2D eigenvalue weighted by atomic mass is 16.5. The molecule has 0 radical (unpaired) electrons. The summed E-state index contributed by atoms with van der Waals surface area (Å²) in [5, 5.41) is 6.88. The number of imidazole rings is 1. The Bertz CT molecular complexity index is 1040. The summed E-state index contributed by atoms with van der Waals surface area (Å²) in [4.78, 5) is 19.6. The molecule has 1 amide bonds. The number of hydrogen-bond donors (Lipinski definition) is 2. The van der Waals surface area contributed by atoms with Gasteiger partial charge in [0.15, 0.2) is 0 Å². The molecule has 4 aromatic rings. The maximum Gasteiger partial charge on any atom is 0.255 e. The van der Waals surface area contributed by atoms with Crippen molar-refractivity contribution < 1.29 is 9.32 Å². The molecule has 2 aromatic heterocycles. The van der Waals surface area contributed by atoms with Crippen LogP contribution in [-0.2, 0) is 0 Å². The van der Waals surface area contributed by atoms with Crippen LogP contribution in [0.3, 0.4) is 0 Å². The van der Waals surface area contributed by atoms with E-state index in [1.54, 1.807) is 18.5 Å². The van der Waals surface area contributed by atoms with E-state index < -0.39 is 0 Å². The van der Waals surface area contributed by atoms with E-state index in [0.29, 0.717) is 5.56 Å². The molecule has 0 fully saturated rings. The summed E-state index contributed by atoms with van der Waals surface area (Å²) in [7, 11) is 0. The maximum absolute atomic E-state index is 12.4. The molecule has 0 aliphatic rings. The minimum absolute atomic E-state index is 0.165. The van der Waals surface area contributed by atoms with Gasteiger partial charge in [-0.1, -0.05) is 17.3 Å². The largest absolute Gasteiger partial charge is 0.361 e. The summed E-state index contributed by atoms with van der Waals surface area (Å²) in [5.41, 5.74) is 5.82. The predicted octanol–water partition coefficient (Wildman–Crippen LogP) is 4.09. The molecule has 6 heteroatoms. The second-order valence-electron chi connectivity index (χ2n) is 5.87. The normalized spacial score (nSPS) is 11.0. The number of nitrogens with zero attached hydrogens (tertiary/aromatic N) is 2. The monoisotopic (exact) mass is 332 g/mol. The Labute approximate surface area is 143 Å². The quantitative estimate of drug-likeness (QED) is 0.592. The number of carbonyl (C=O) groups is 1. The number of carbonyl (C=O) groups excluding carboxylic acids is 1. The number of aromatic nitrogens is 3. The van der Waals surface area contributed by atoms with Crippen molar-refractivity contribution in [1.82, 2.24) is 15.1 Å². The molecule has 0 atom stereocenters. The number of nitrogens with one attached hydrogen (secondary N) is 2. The van der Waals surface area contributed by atoms with E-state index in [2.05, 4.69) is 20.4 Å². The summed E-state index contributed by atoms with van der Waals surface area (Å²) >= 11 is 0. The zero-order chi connectivity index (χ0) is 17.4. The van der Waals surface area contributed by atoms with Gasteiger partial charge in [-0.05, 0) is 49.7 Å². The van der Waals surface area contributed by atoms with Crippen LogP contribution in [-0.4, -0.2) is 21.0 Å². The average molecular weight is 332 g/mol. The molecule has 124 valence electrons. The topological polar surface area (TPSA) is 83.8 Å². The fourth-order valence-corrected chi connectivity index (χ4v) is 2.90. The first kappa shape index (κ1) is 15.1. The Balaban J connectivity index is 1.55. The van der Waals surface area contributed by atoms with Crippen molar-refractivity contribution in [2.75, 3.05) is 5.32 Å². The predicted molar refractivity (Wildman–Crippen MR) is 95.5 cm³/mol. The van der Waals surface area contributed by atoms with Crippen molar-refractivity contribution in [2.24, 2.45) is 0 Å². The van der Waals surface area contributed by atoms with Crippen LogP contribution in [0.2, 0.25) is 0 Å². The number of amides is 1. The molecule has 0 spiro atoms. The van der Waals surface area contributed by atoms with Crippen molar-refractivity contribution in [1.29, 1.82) is 0 Å². The van der Waals surface area contributed by atoms with E-state index in [1.165, 1.54) is 0 Å². The standard InChI is InChI=1S/C19H16N4O2/c1-11-18(12(2)25-23-11)13-3-6-15(7-4-13)22-19(24)14-5-8-16-17(9-14)21-10-20-16/h3-10H,1-2H3,(H,20,21)(H,22,24). The molecule has 0 saturated heterocycles. The van der Waals surface area contributed by atoms with Crippen LogP contribution in [0.25, 0.3) is 22.2 Å². The molecular formula is C19H16N4O2. The van der Waals surface area contributed by atoms with Gasteiger partial charge in [-0.2, -0.15) is 0 Å². The van der Waals surface area contributed by atoms with Crippen LogP contribution in [0.4, 0.5) is 5.69 Å². The van der Waals surface area contributed by atoms with Crippen LogP contribution in [0.15, 0.2) is 53.3 Å². The Kier molecular flexibility index (Phi) is 3.57. The molecule has 0 bridgehead atoms. The molecule has 2 heterocycles.